The third-order valence-electron chi connectivity index (χ3n) is 2.63. The van der Waals surface area contributed by atoms with Crippen molar-refractivity contribution >= 4 is 23.1 Å². The van der Waals surface area contributed by atoms with Gasteiger partial charge in [0.25, 0.3) is 5.91 Å². The molecule has 0 heterocycles. The number of hydrogen-bond acceptors (Lipinski definition) is 3. The van der Waals surface area contributed by atoms with Crippen molar-refractivity contribution in [3.8, 4) is 5.75 Å². The maximum absolute atomic E-state index is 12.3. The van der Waals surface area contributed by atoms with Crippen LogP contribution < -0.4 is 10.5 Å². The van der Waals surface area contributed by atoms with Crippen molar-refractivity contribution in [1.29, 1.82) is 0 Å². The van der Waals surface area contributed by atoms with Gasteiger partial charge in [-0.25, -0.2) is 0 Å². The quantitative estimate of drug-likeness (QED) is 0.798. The van der Waals surface area contributed by atoms with Gasteiger partial charge in [-0.05, 0) is 19.1 Å². The minimum atomic E-state index is -0.0637. The topological polar surface area (TPSA) is 55.6 Å². The fraction of sp³-hybridized carbons (Fsp3) is 0.385. The van der Waals surface area contributed by atoms with E-state index in [9.17, 15) is 4.79 Å². The Morgan fingerprint density at radius 3 is 2.67 bits per heavy atom. The SMILES string of the molecule is CCN(CCC(N)=S)C(=O)c1ccccc1OC. The third kappa shape index (κ3) is 3.70. The Labute approximate surface area is 113 Å². The number of para-hydroxylation sites is 1. The predicted molar refractivity (Wildman–Crippen MR) is 76.0 cm³/mol. The smallest absolute Gasteiger partial charge is 0.257 e. The van der Waals surface area contributed by atoms with Crippen molar-refractivity contribution in [2.24, 2.45) is 5.73 Å². The molecule has 0 spiro atoms. The van der Waals surface area contributed by atoms with Gasteiger partial charge >= 0.3 is 0 Å². The van der Waals surface area contributed by atoms with Gasteiger partial charge in [-0.1, -0.05) is 24.4 Å². The number of nitrogens with zero attached hydrogens (tertiary/aromatic N) is 1. The largest absolute Gasteiger partial charge is 0.496 e. The van der Waals surface area contributed by atoms with Crippen LogP contribution in [0, 0.1) is 0 Å². The van der Waals surface area contributed by atoms with Gasteiger partial charge in [-0.3, -0.25) is 4.79 Å². The number of methoxy groups -OCH3 is 1. The molecule has 4 nitrogen and oxygen atoms in total. The molecule has 1 aromatic carbocycles. The first-order valence-corrected chi connectivity index (χ1v) is 6.21. The van der Waals surface area contributed by atoms with E-state index in [1.54, 1.807) is 24.1 Å². The first-order valence-electron chi connectivity index (χ1n) is 5.80. The highest BCUT2D eigenvalue weighted by molar-refractivity contribution is 7.80. The number of rotatable bonds is 6. The van der Waals surface area contributed by atoms with E-state index >= 15 is 0 Å². The van der Waals surface area contributed by atoms with Gasteiger partial charge in [0.2, 0.25) is 0 Å². The van der Waals surface area contributed by atoms with Gasteiger partial charge in [0.05, 0.1) is 17.7 Å². The fourth-order valence-corrected chi connectivity index (χ4v) is 1.73. The summed E-state index contributed by atoms with van der Waals surface area (Å²) in [7, 11) is 1.55. The van der Waals surface area contributed by atoms with Crippen LogP contribution >= 0.6 is 12.2 Å². The molecule has 5 heteroatoms. The lowest BCUT2D eigenvalue weighted by Gasteiger charge is -2.21. The molecule has 0 fully saturated rings. The first kappa shape index (κ1) is 14.4. The summed E-state index contributed by atoms with van der Waals surface area (Å²) in [6.07, 6.45) is 0.532. The molecule has 0 radical (unpaired) electrons. The lowest BCUT2D eigenvalue weighted by atomic mass is 10.1. The minimum absolute atomic E-state index is 0.0637. The van der Waals surface area contributed by atoms with E-state index in [0.29, 0.717) is 35.8 Å². The minimum Gasteiger partial charge on any atom is -0.496 e. The molecule has 1 amide bonds. The van der Waals surface area contributed by atoms with Crippen molar-refractivity contribution in [3.63, 3.8) is 0 Å². The highest BCUT2D eigenvalue weighted by atomic mass is 32.1. The summed E-state index contributed by atoms with van der Waals surface area (Å²) in [5.74, 6) is 0.516. The van der Waals surface area contributed by atoms with Gasteiger partial charge in [0.1, 0.15) is 5.75 Å². The zero-order chi connectivity index (χ0) is 13.5. The molecule has 0 aliphatic rings. The number of carbonyl (C=O) groups is 1. The molecule has 1 aromatic rings. The van der Waals surface area contributed by atoms with Gasteiger partial charge in [0, 0.05) is 19.5 Å². The Balaban J connectivity index is 2.86. The predicted octanol–water partition coefficient (Wildman–Crippen LogP) is 1.83. The van der Waals surface area contributed by atoms with Crippen LogP contribution in [0.5, 0.6) is 5.75 Å². The first-order chi connectivity index (χ1) is 8.60. The maximum atomic E-state index is 12.3. The van der Waals surface area contributed by atoms with E-state index in [0.717, 1.165) is 0 Å². The molecular formula is C13H18N2O2S. The summed E-state index contributed by atoms with van der Waals surface area (Å²) >= 11 is 4.83. The molecule has 2 N–H and O–H groups in total. The van der Waals surface area contributed by atoms with Crippen molar-refractivity contribution in [2.45, 2.75) is 13.3 Å². The molecule has 0 atom stereocenters. The lowest BCUT2D eigenvalue weighted by Crippen LogP contribution is -2.33. The van der Waals surface area contributed by atoms with E-state index in [-0.39, 0.29) is 5.91 Å². The van der Waals surface area contributed by atoms with Gasteiger partial charge < -0.3 is 15.4 Å². The second-order valence-corrected chi connectivity index (χ2v) is 4.33. The van der Waals surface area contributed by atoms with Crippen LogP contribution in [0.25, 0.3) is 0 Å². The molecule has 0 aromatic heterocycles. The van der Waals surface area contributed by atoms with Crippen LogP contribution in [-0.4, -0.2) is 36.0 Å². The Bertz CT molecular complexity index is 435. The number of carbonyl (C=O) groups excluding carboxylic acids is 1. The van der Waals surface area contributed by atoms with Crippen LogP contribution in [0.1, 0.15) is 23.7 Å². The zero-order valence-electron chi connectivity index (χ0n) is 10.7. The van der Waals surface area contributed by atoms with Gasteiger partial charge in [-0.2, -0.15) is 0 Å². The molecular weight excluding hydrogens is 248 g/mol. The molecule has 0 aliphatic carbocycles. The number of amides is 1. The fourth-order valence-electron chi connectivity index (χ4n) is 1.64. The molecule has 0 saturated carbocycles. The van der Waals surface area contributed by atoms with Crippen molar-refractivity contribution < 1.29 is 9.53 Å². The Morgan fingerprint density at radius 1 is 1.44 bits per heavy atom. The molecule has 1 rings (SSSR count). The van der Waals surface area contributed by atoms with E-state index in [2.05, 4.69) is 0 Å². The second kappa shape index (κ2) is 6.96. The summed E-state index contributed by atoms with van der Waals surface area (Å²) < 4.78 is 5.19. The Hall–Kier alpha value is -1.62. The number of ether oxygens (including phenoxy) is 1. The van der Waals surface area contributed by atoms with E-state index in [1.807, 2.05) is 19.1 Å². The summed E-state index contributed by atoms with van der Waals surface area (Å²) in [4.78, 5) is 14.5. The molecule has 98 valence electrons. The normalized spacial score (nSPS) is 9.89. The molecule has 18 heavy (non-hydrogen) atoms. The number of benzene rings is 1. The Kier molecular flexibility index (Phi) is 5.58. The number of nitrogens with two attached hydrogens (primary N) is 1. The molecule has 0 bridgehead atoms. The number of hydrogen-bond donors (Lipinski definition) is 1. The van der Waals surface area contributed by atoms with Crippen molar-refractivity contribution in [3.05, 3.63) is 29.8 Å². The third-order valence-corrected chi connectivity index (χ3v) is 2.84. The standard InChI is InChI=1S/C13H18N2O2S/c1-3-15(9-8-12(14)18)13(16)10-6-4-5-7-11(10)17-2/h4-7H,3,8-9H2,1-2H3,(H2,14,18). The van der Waals surface area contributed by atoms with E-state index in [4.69, 9.17) is 22.7 Å². The molecule has 0 aliphatic heterocycles. The zero-order valence-corrected chi connectivity index (χ0v) is 11.5. The van der Waals surface area contributed by atoms with Gasteiger partial charge in [-0.15, -0.1) is 0 Å². The summed E-state index contributed by atoms with van der Waals surface area (Å²) in [6.45, 7) is 3.06. The Morgan fingerprint density at radius 2 is 2.11 bits per heavy atom. The maximum Gasteiger partial charge on any atom is 0.257 e. The average Bonchev–Trinajstić information content (AvgIpc) is 2.38. The monoisotopic (exact) mass is 266 g/mol. The van der Waals surface area contributed by atoms with Crippen LogP contribution in [0.4, 0.5) is 0 Å². The van der Waals surface area contributed by atoms with E-state index in [1.165, 1.54) is 0 Å². The second-order valence-electron chi connectivity index (χ2n) is 3.80. The van der Waals surface area contributed by atoms with Crippen LogP contribution in [0.2, 0.25) is 0 Å². The molecule has 0 unspecified atom stereocenters. The highest BCUT2D eigenvalue weighted by Gasteiger charge is 2.17. The average molecular weight is 266 g/mol. The number of thiocarbonyl (C=S) groups is 1. The summed E-state index contributed by atoms with van der Waals surface area (Å²) in [5.41, 5.74) is 6.02. The summed E-state index contributed by atoms with van der Waals surface area (Å²) in [6, 6.07) is 7.18. The molecule has 0 saturated heterocycles. The van der Waals surface area contributed by atoms with Crippen LogP contribution in [-0.2, 0) is 0 Å². The van der Waals surface area contributed by atoms with Crippen LogP contribution in [0.3, 0.4) is 0 Å². The van der Waals surface area contributed by atoms with Crippen molar-refractivity contribution in [1.82, 2.24) is 4.90 Å². The lowest BCUT2D eigenvalue weighted by molar-refractivity contribution is 0.0765. The van der Waals surface area contributed by atoms with Gasteiger partial charge in [0.15, 0.2) is 0 Å². The highest BCUT2D eigenvalue weighted by Crippen LogP contribution is 2.19. The summed E-state index contributed by atoms with van der Waals surface area (Å²) in [5, 5.41) is 0. The van der Waals surface area contributed by atoms with Crippen LogP contribution in [0.15, 0.2) is 24.3 Å². The van der Waals surface area contributed by atoms with E-state index < -0.39 is 0 Å². The van der Waals surface area contributed by atoms with Crippen molar-refractivity contribution in [2.75, 3.05) is 20.2 Å².